The second kappa shape index (κ2) is 4.05. The highest BCUT2D eigenvalue weighted by molar-refractivity contribution is 6.00. The fourth-order valence-corrected chi connectivity index (χ4v) is 4.86. The fourth-order valence-electron chi connectivity index (χ4n) is 4.86. The van der Waals surface area contributed by atoms with Crippen LogP contribution in [0.3, 0.4) is 0 Å². The molecule has 0 aromatic carbocycles. The van der Waals surface area contributed by atoms with Gasteiger partial charge in [-0.1, -0.05) is 20.8 Å². The predicted octanol–water partition coefficient (Wildman–Crippen LogP) is 3.72. The second-order valence-corrected chi connectivity index (χ2v) is 8.08. The molecule has 2 aliphatic heterocycles. The Hall–Kier alpha value is -1.45. The normalized spacial score (nSPS) is 37.1. The van der Waals surface area contributed by atoms with E-state index >= 15 is 0 Å². The first-order chi connectivity index (χ1) is 9.91. The van der Waals surface area contributed by atoms with Gasteiger partial charge in [0.1, 0.15) is 0 Å². The van der Waals surface area contributed by atoms with Gasteiger partial charge in [-0.25, -0.2) is 0 Å². The zero-order valence-electron chi connectivity index (χ0n) is 13.1. The first kappa shape index (κ1) is 13.2. The largest absolute Gasteiger partial charge is 0.342 e. The fraction of sp³-hybridized carbons (Fsp3) is 0.706. The van der Waals surface area contributed by atoms with Gasteiger partial charge in [0.15, 0.2) is 11.6 Å². The van der Waals surface area contributed by atoms with Gasteiger partial charge in [-0.15, -0.1) is 5.11 Å². The van der Waals surface area contributed by atoms with Crippen LogP contribution in [0.15, 0.2) is 32.9 Å². The lowest BCUT2D eigenvalue weighted by molar-refractivity contribution is -0.119. The molecule has 0 saturated heterocycles. The molecule has 2 heterocycles. The molecule has 2 atom stereocenters. The van der Waals surface area contributed by atoms with Gasteiger partial charge in [-0.05, 0) is 37.0 Å². The Morgan fingerprint density at radius 3 is 2.81 bits per heavy atom. The average Bonchev–Trinajstić information content (AvgIpc) is 2.95. The van der Waals surface area contributed by atoms with Crippen LogP contribution in [0, 0.1) is 16.7 Å². The highest BCUT2D eigenvalue weighted by Gasteiger charge is 2.53. The van der Waals surface area contributed by atoms with Crippen molar-refractivity contribution in [3.8, 4) is 0 Å². The molecule has 0 aromatic heterocycles. The molecule has 0 aromatic rings. The Bertz CT molecular complexity index is 626. The van der Waals surface area contributed by atoms with E-state index < -0.39 is 0 Å². The maximum absolute atomic E-state index is 12.9. The number of azo groups is 1. The van der Waals surface area contributed by atoms with E-state index in [0.29, 0.717) is 24.7 Å². The average molecular weight is 285 g/mol. The van der Waals surface area contributed by atoms with E-state index in [1.807, 2.05) is 0 Å². The zero-order valence-corrected chi connectivity index (χ0v) is 13.1. The molecule has 1 N–H and O–H groups in total. The van der Waals surface area contributed by atoms with E-state index in [0.717, 1.165) is 36.4 Å². The Morgan fingerprint density at radius 2 is 2.10 bits per heavy atom. The van der Waals surface area contributed by atoms with E-state index in [-0.39, 0.29) is 10.8 Å². The zero-order chi connectivity index (χ0) is 14.8. The van der Waals surface area contributed by atoms with Crippen molar-refractivity contribution in [1.82, 2.24) is 5.32 Å². The van der Waals surface area contributed by atoms with E-state index in [1.54, 1.807) is 0 Å². The van der Waals surface area contributed by atoms with Crippen LogP contribution in [0.2, 0.25) is 0 Å². The molecule has 4 nitrogen and oxygen atoms in total. The van der Waals surface area contributed by atoms with Crippen molar-refractivity contribution in [1.29, 1.82) is 0 Å². The molecule has 1 spiro atoms. The maximum atomic E-state index is 12.9. The number of rotatable bonds is 0. The summed E-state index contributed by atoms with van der Waals surface area (Å²) < 4.78 is 0. The van der Waals surface area contributed by atoms with E-state index in [4.69, 9.17) is 0 Å². The Labute approximate surface area is 125 Å². The molecular formula is C17H23N3O. The molecule has 2 aliphatic carbocycles. The molecule has 0 unspecified atom stereocenters. The number of hydrogen-bond acceptors (Lipinski definition) is 4. The highest BCUT2D eigenvalue weighted by Crippen LogP contribution is 2.58. The molecule has 4 rings (SSSR count). The summed E-state index contributed by atoms with van der Waals surface area (Å²) in [6.45, 7) is 7.33. The number of carbonyl (C=O) groups excluding carboxylic acids is 1. The number of hydrogen-bond donors (Lipinski definition) is 1. The number of nitrogens with one attached hydrogen (secondary N) is 1. The van der Waals surface area contributed by atoms with Gasteiger partial charge in [-0.3, -0.25) is 4.79 Å². The molecule has 0 bridgehead atoms. The molecule has 112 valence electrons. The van der Waals surface area contributed by atoms with Gasteiger partial charge in [0, 0.05) is 28.7 Å². The summed E-state index contributed by atoms with van der Waals surface area (Å²) in [5.74, 6) is 1.96. The summed E-state index contributed by atoms with van der Waals surface area (Å²) >= 11 is 0. The van der Waals surface area contributed by atoms with Crippen molar-refractivity contribution in [3.63, 3.8) is 0 Å². The van der Waals surface area contributed by atoms with E-state index in [9.17, 15) is 4.79 Å². The number of carbonyl (C=O) groups is 1. The molecule has 21 heavy (non-hydrogen) atoms. The van der Waals surface area contributed by atoms with Crippen LogP contribution in [0.5, 0.6) is 0 Å². The minimum atomic E-state index is -0.0631. The first-order valence-corrected chi connectivity index (χ1v) is 8.06. The van der Waals surface area contributed by atoms with Crippen molar-refractivity contribution < 1.29 is 4.79 Å². The summed E-state index contributed by atoms with van der Waals surface area (Å²) in [6, 6.07) is 0. The molecule has 4 heteroatoms. The molecule has 4 aliphatic rings. The third-order valence-corrected chi connectivity index (χ3v) is 5.65. The minimum Gasteiger partial charge on any atom is -0.342 e. The van der Waals surface area contributed by atoms with Crippen molar-refractivity contribution in [2.24, 2.45) is 27.0 Å². The van der Waals surface area contributed by atoms with Gasteiger partial charge < -0.3 is 5.32 Å². The topological polar surface area (TPSA) is 53.8 Å². The first-order valence-electron chi connectivity index (χ1n) is 8.06. The quantitative estimate of drug-likeness (QED) is 0.737. The monoisotopic (exact) mass is 285 g/mol. The number of ketones is 1. The molecule has 0 radical (unpaired) electrons. The molecular weight excluding hydrogens is 262 g/mol. The third kappa shape index (κ3) is 1.77. The lowest BCUT2D eigenvalue weighted by Crippen LogP contribution is -2.42. The Morgan fingerprint density at radius 1 is 1.29 bits per heavy atom. The SMILES string of the molecule is C[C@@H]1CC[C@@]2(C1)C1=C(N=NC1)NC1=C2C(=O)CC(C)(C)C1. The Balaban J connectivity index is 1.87. The molecule has 1 saturated carbocycles. The van der Waals surface area contributed by atoms with Crippen LogP contribution in [0.4, 0.5) is 0 Å². The third-order valence-electron chi connectivity index (χ3n) is 5.65. The van der Waals surface area contributed by atoms with Crippen molar-refractivity contribution in [2.75, 3.05) is 6.54 Å². The van der Waals surface area contributed by atoms with Crippen LogP contribution < -0.4 is 5.32 Å². The Kier molecular flexibility index (Phi) is 2.55. The number of allylic oxidation sites excluding steroid dienone is 2. The van der Waals surface area contributed by atoms with Gasteiger partial charge >= 0.3 is 0 Å². The van der Waals surface area contributed by atoms with Crippen molar-refractivity contribution in [2.45, 2.75) is 52.9 Å². The van der Waals surface area contributed by atoms with Gasteiger partial charge in [-0.2, -0.15) is 5.11 Å². The highest BCUT2D eigenvalue weighted by atomic mass is 16.1. The second-order valence-electron chi connectivity index (χ2n) is 8.08. The number of Topliss-reactive ketones (excluding diaryl/α,β-unsaturated/α-hetero) is 1. The van der Waals surface area contributed by atoms with Crippen LogP contribution in [-0.4, -0.2) is 12.3 Å². The van der Waals surface area contributed by atoms with Gasteiger partial charge in [0.2, 0.25) is 0 Å². The van der Waals surface area contributed by atoms with Crippen molar-refractivity contribution >= 4 is 5.78 Å². The number of dihydropyridines is 1. The number of fused-ring (bicyclic) bond motifs is 2. The van der Waals surface area contributed by atoms with Crippen LogP contribution in [0.1, 0.15) is 52.9 Å². The lowest BCUT2D eigenvalue weighted by Gasteiger charge is -2.44. The van der Waals surface area contributed by atoms with E-state index in [2.05, 4.69) is 36.3 Å². The van der Waals surface area contributed by atoms with Crippen LogP contribution >= 0.6 is 0 Å². The molecule has 1 fully saturated rings. The summed E-state index contributed by atoms with van der Waals surface area (Å²) in [7, 11) is 0. The lowest BCUT2D eigenvalue weighted by atomic mass is 9.62. The van der Waals surface area contributed by atoms with Crippen LogP contribution in [-0.2, 0) is 4.79 Å². The predicted molar refractivity (Wildman–Crippen MR) is 80.4 cm³/mol. The van der Waals surface area contributed by atoms with Crippen molar-refractivity contribution in [3.05, 3.63) is 22.7 Å². The summed E-state index contributed by atoms with van der Waals surface area (Å²) in [4.78, 5) is 12.9. The summed E-state index contributed by atoms with van der Waals surface area (Å²) in [5, 5.41) is 12.0. The van der Waals surface area contributed by atoms with Gasteiger partial charge in [0.25, 0.3) is 0 Å². The van der Waals surface area contributed by atoms with Crippen LogP contribution in [0.25, 0.3) is 0 Å². The van der Waals surface area contributed by atoms with E-state index in [1.165, 1.54) is 12.0 Å². The standard InChI is InChI=1S/C17H23N3O/c1-10-4-5-17(6-10)11-9-18-20-15(11)19-12-7-16(2,3)8-13(21)14(12)17/h10,19H,4-9H2,1-3H3/t10-,17-/m1/s1. The number of nitrogens with zero attached hydrogens (tertiary/aromatic N) is 2. The minimum absolute atomic E-state index is 0.0438. The summed E-state index contributed by atoms with van der Waals surface area (Å²) in [5.41, 5.74) is 3.47. The smallest absolute Gasteiger partial charge is 0.162 e. The summed E-state index contributed by atoms with van der Waals surface area (Å²) in [6.07, 6.45) is 4.98. The van der Waals surface area contributed by atoms with Gasteiger partial charge in [0.05, 0.1) is 6.54 Å². The maximum Gasteiger partial charge on any atom is 0.162 e. The molecule has 0 amide bonds.